The molecule has 0 aliphatic carbocycles. The molecule has 0 unspecified atom stereocenters. The third kappa shape index (κ3) is 2.62. The third-order valence-electron chi connectivity index (χ3n) is 2.32. The Morgan fingerprint density at radius 2 is 2.38 bits per heavy atom. The number of halogens is 1. The van der Waals surface area contributed by atoms with E-state index in [4.69, 9.17) is 11.6 Å². The summed E-state index contributed by atoms with van der Waals surface area (Å²) >= 11 is 7.38. The number of aryl methyl sites for hydroxylation is 1. The maximum atomic E-state index is 5.73. The van der Waals surface area contributed by atoms with Crippen LogP contribution in [0.25, 0.3) is 0 Å². The SMILES string of the molecule is CCCc1nccn1Cc1nc(CCl)cs1. The van der Waals surface area contributed by atoms with Crippen molar-refractivity contribution in [3.8, 4) is 0 Å². The Morgan fingerprint density at radius 1 is 1.50 bits per heavy atom. The number of hydrogen-bond donors (Lipinski definition) is 0. The van der Waals surface area contributed by atoms with Gasteiger partial charge in [-0.2, -0.15) is 0 Å². The Hall–Kier alpha value is -0.870. The molecule has 2 rings (SSSR count). The van der Waals surface area contributed by atoms with Gasteiger partial charge in [-0.3, -0.25) is 0 Å². The van der Waals surface area contributed by atoms with Gasteiger partial charge in [-0.1, -0.05) is 6.92 Å². The highest BCUT2D eigenvalue weighted by Crippen LogP contribution is 2.14. The Bertz CT molecular complexity index is 450. The largest absolute Gasteiger partial charge is 0.328 e. The lowest BCUT2D eigenvalue weighted by atomic mass is 10.3. The lowest BCUT2D eigenvalue weighted by Gasteiger charge is -2.04. The lowest BCUT2D eigenvalue weighted by Crippen LogP contribution is -2.04. The van der Waals surface area contributed by atoms with Crippen LogP contribution in [0.3, 0.4) is 0 Å². The number of alkyl halides is 1. The molecule has 0 bridgehead atoms. The number of rotatable bonds is 5. The minimum atomic E-state index is 0.488. The summed E-state index contributed by atoms with van der Waals surface area (Å²) in [5, 5.41) is 3.10. The predicted octanol–water partition coefficient (Wildman–Crippen LogP) is 3.08. The summed E-state index contributed by atoms with van der Waals surface area (Å²) in [6.07, 6.45) is 5.98. The van der Waals surface area contributed by atoms with Gasteiger partial charge in [0.25, 0.3) is 0 Å². The molecule has 2 aromatic rings. The highest BCUT2D eigenvalue weighted by Gasteiger charge is 2.05. The van der Waals surface area contributed by atoms with Crippen LogP contribution in [0.5, 0.6) is 0 Å². The van der Waals surface area contributed by atoms with E-state index in [0.29, 0.717) is 5.88 Å². The van der Waals surface area contributed by atoms with E-state index in [1.54, 1.807) is 11.3 Å². The second-order valence-corrected chi connectivity index (χ2v) is 4.80. The molecule has 2 aromatic heterocycles. The molecular weight excluding hydrogens is 242 g/mol. The Balaban J connectivity index is 2.10. The molecule has 2 heterocycles. The van der Waals surface area contributed by atoms with E-state index in [2.05, 4.69) is 21.5 Å². The Morgan fingerprint density at radius 3 is 3.06 bits per heavy atom. The first kappa shape index (κ1) is 11.6. The molecule has 0 N–H and O–H groups in total. The normalized spacial score (nSPS) is 10.9. The molecule has 0 aliphatic heterocycles. The molecular formula is C11H14ClN3S. The second kappa shape index (κ2) is 5.46. The van der Waals surface area contributed by atoms with Gasteiger partial charge in [-0.05, 0) is 6.42 Å². The quantitative estimate of drug-likeness (QED) is 0.769. The van der Waals surface area contributed by atoms with Gasteiger partial charge in [0.15, 0.2) is 0 Å². The van der Waals surface area contributed by atoms with E-state index in [1.165, 1.54) is 0 Å². The van der Waals surface area contributed by atoms with Crippen molar-refractivity contribution in [1.29, 1.82) is 0 Å². The molecule has 0 atom stereocenters. The van der Waals surface area contributed by atoms with Crippen LogP contribution in [0.4, 0.5) is 0 Å². The number of hydrogen-bond acceptors (Lipinski definition) is 3. The standard InChI is InChI=1S/C11H14ClN3S/c1-2-3-10-13-4-5-15(10)7-11-14-9(6-12)8-16-11/h4-5,8H,2-3,6-7H2,1H3. The average Bonchev–Trinajstić information content (AvgIpc) is 2.90. The first-order valence-electron chi connectivity index (χ1n) is 5.32. The molecule has 0 amide bonds. The van der Waals surface area contributed by atoms with E-state index < -0.39 is 0 Å². The zero-order chi connectivity index (χ0) is 11.4. The number of thiazole rings is 1. The van der Waals surface area contributed by atoms with Gasteiger partial charge in [-0.25, -0.2) is 9.97 Å². The van der Waals surface area contributed by atoms with E-state index in [0.717, 1.165) is 35.9 Å². The molecule has 3 nitrogen and oxygen atoms in total. The first-order valence-corrected chi connectivity index (χ1v) is 6.74. The summed E-state index contributed by atoms with van der Waals surface area (Å²) < 4.78 is 2.15. The van der Waals surface area contributed by atoms with Crippen molar-refractivity contribution in [2.75, 3.05) is 0 Å². The van der Waals surface area contributed by atoms with Gasteiger partial charge in [-0.15, -0.1) is 22.9 Å². The zero-order valence-electron chi connectivity index (χ0n) is 9.19. The Labute approximate surface area is 104 Å². The van der Waals surface area contributed by atoms with Crippen molar-refractivity contribution in [3.05, 3.63) is 34.3 Å². The number of aromatic nitrogens is 3. The maximum Gasteiger partial charge on any atom is 0.113 e. The van der Waals surface area contributed by atoms with Crippen LogP contribution in [0.2, 0.25) is 0 Å². The van der Waals surface area contributed by atoms with Gasteiger partial charge in [0.2, 0.25) is 0 Å². The van der Waals surface area contributed by atoms with Crippen LogP contribution >= 0.6 is 22.9 Å². The maximum absolute atomic E-state index is 5.73. The lowest BCUT2D eigenvalue weighted by molar-refractivity contribution is 0.701. The molecule has 0 radical (unpaired) electrons. The fraction of sp³-hybridized carbons (Fsp3) is 0.455. The van der Waals surface area contributed by atoms with Crippen molar-refractivity contribution in [1.82, 2.24) is 14.5 Å². The zero-order valence-corrected chi connectivity index (χ0v) is 10.8. The van der Waals surface area contributed by atoms with Crippen LogP contribution in [-0.4, -0.2) is 14.5 Å². The molecule has 0 fully saturated rings. The number of nitrogens with zero attached hydrogens (tertiary/aromatic N) is 3. The van der Waals surface area contributed by atoms with Crippen LogP contribution in [0, 0.1) is 0 Å². The van der Waals surface area contributed by atoms with Crippen LogP contribution in [0.15, 0.2) is 17.8 Å². The van der Waals surface area contributed by atoms with Gasteiger partial charge in [0.1, 0.15) is 10.8 Å². The van der Waals surface area contributed by atoms with Gasteiger partial charge in [0, 0.05) is 24.2 Å². The fourth-order valence-electron chi connectivity index (χ4n) is 1.56. The molecule has 0 saturated carbocycles. The van der Waals surface area contributed by atoms with E-state index in [9.17, 15) is 0 Å². The summed E-state index contributed by atoms with van der Waals surface area (Å²) in [5.74, 6) is 1.62. The second-order valence-electron chi connectivity index (χ2n) is 3.59. The average molecular weight is 256 g/mol. The first-order chi connectivity index (χ1) is 7.83. The summed E-state index contributed by atoms with van der Waals surface area (Å²) in [4.78, 5) is 8.79. The highest BCUT2D eigenvalue weighted by molar-refractivity contribution is 7.09. The minimum Gasteiger partial charge on any atom is -0.328 e. The molecule has 0 spiro atoms. The van der Waals surface area contributed by atoms with Gasteiger partial charge in [0.05, 0.1) is 18.1 Å². The molecule has 0 saturated heterocycles. The minimum absolute atomic E-state index is 0.488. The van der Waals surface area contributed by atoms with Gasteiger partial charge >= 0.3 is 0 Å². The van der Waals surface area contributed by atoms with Crippen LogP contribution < -0.4 is 0 Å². The van der Waals surface area contributed by atoms with Crippen molar-refractivity contribution < 1.29 is 0 Å². The fourth-order valence-corrected chi connectivity index (χ4v) is 2.58. The third-order valence-corrected chi connectivity index (χ3v) is 3.47. The van der Waals surface area contributed by atoms with E-state index in [1.807, 2.05) is 17.8 Å². The Kier molecular flexibility index (Phi) is 3.96. The van der Waals surface area contributed by atoms with Crippen molar-refractivity contribution in [2.24, 2.45) is 0 Å². The molecule has 0 aliphatic rings. The highest BCUT2D eigenvalue weighted by atomic mass is 35.5. The molecule has 0 aromatic carbocycles. The molecule has 16 heavy (non-hydrogen) atoms. The van der Waals surface area contributed by atoms with E-state index in [-0.39, 0.29) is 0 Å². The number of imidazole rings is 1. The molecule has 5 heteroatoms. The topological polar surface area (TPSA) is 30.7 Å². The predicted molar refractivity (Wildman–Crippen MR) is 67.0 cm³/mol. The van der Waals surface area contributed by atoms with Crippen LogP contribution in [0.1, 0.15) is 29.9 Å². The smallest absolute Gasteiger partial charge is 0.113 e. The van der Waals surface area contributed by atoms with Crippen molar-refractivity contribution in [3.63, 3.8) is 0 Å². The van der Waals surface area contributed by atoms with Crippen molar-refractivity contribution >= 4 is 22.9 Å². The summed E-state index contributed by atoms with van der Waals surface area (Å²) in [5.41, 5.74) is 0.957. The van der Waals surface area contributed by atoms with Crippen molar-refractivity contribution in [2.45, 2.75) is 32.2 Å². The van der Waals surface area contributed by atoms with Gasteiger partial charge < -0.3 is 4.57 Å². The monoisotopic (exact) mass is 255 g/mol. The van der Waals surface area contributed by atoms with E-state index >= 15 is 0 Å². The molecule has 86 valence electrons. The summed E-state index contributed by atoms with van der Waals surface area (Å²) in [6.45, 7) is 2.96. The summed E-state index contributed by atoms with van der Waals surface area (Å²) in [6, 6.07) is 0. The summed E-state index contributed by atoms with van der Waals surface area (Å²) in [7, 11) is 0. The van der Waals surface area contributed by atoms with Crippen LogP contribution in [-0.2, 0) is 18.8 Å².